The van der Waals surface area contributed by atoms with Gasteiger partial charge in [0, 0.05) is 22.1 Å². The van der Waals surface area contributed by atoms with E-state index in [0.29, 0.717) is 11.0 Å². The van der Waals surface area contributed by atoms with Gasteiger partial charge in [-0.3, -0.25) is 9.36 Å². The molecule has 0 saturated carbocycles. The fourth-order valence-corrected chi connectivity index (χ4v) is 4.35. The third kappa shape index (κ3) is 5.76. The molecule has 1 heterocycles. The Labute approximate surface area is 228 Å². The number of rotatable bonds is 7. The highest BCUT2D eigenvalue weighted by Crippen LogP contribution is 2.29. The van der Waals surface area contributed by atoms with E-state index in [1.807, 2.05) is 66.7 Å². The van der Waals surface area contributed by atoms with Crippen LogP contribution in [0.1, 0.15) is 15.9 Å². The fraction of sp³-hybridized carbons (Fsp3) is 0.0667. The Balaban J connectivity index is 1.29. The van der Waals surface area contributed by atoms with Gasteiger partial charge in [-0.15, -0.1) is 0 Å². The molecule has 0 fully saturated rings. The first kappa shape index (κ1) is 26.0. The lowest BCUT2D eigenvalue weighted by atomic mass is 10.1. The van der Waals surface area contributed by atoms with Crippen molar-refractivity contribution >= 4 is 57.2 Å². The minimum absolute atomic E-state index is 0.0456. The summed E-state index contributed by atoms with van der Waals surface area (Å²) in [5.74, 6) is -1.86. The predicted molar refractivity (Wildman–Crippen MR) is 151 cm³/mol. The highest BCUT2D eigenvalue weighted by molar-refractivity contribution is 6.15. The molecular weight excluding hydrogens is 512 g/mol. The summed E-state index contributed by atoms with van der Waals surface area (Å²) in [6.45, 7) is -0.363. The average molecular weight is 537 g/mol. The molecule has 3 amide bonds. The van der Waals surface area contributed by atoms with Gasteiger partial charge in [0.25, 0.3) is 0 Å². The molecule has 4 N–H and O–H groups in total. The van der Waals surface area contributed by atoms with E-state index in [1.54, 1.807) is 12.1 Å². The van der Waals surface area contributed by atoms with Crippen LogP contribution in [-0.4, -0.2) is 40.2 Å². The molecule has 0 spiro atoms. The Morgan fingerprint density at radius 1 is 0.725 bits per heavy atom. The number of para-hydroxylation sites is 2. The molecule has 1 aromatic heterocycles. The van der Waals surface area contributed by atoms with Crippen molar-refractivity contribution in [2.24, 2.45) is 0 Å². The summed E-state index contributed by atoms with van der Waals surface area (Å²) in [6, 6.07) is 27.5. The number of fused-ring (bicyclic) bond motifs is 3. The third-order valence-electron chi connectivity index (χ3n) is 6.10. The summed E-state index contributed by atoms with van der Waals surface area (Å²) >= 11 is 0. The molecule has 200 valence electrons. The van der Waals surface area contributed by atoms with Crippen molar-refractivity contribution in [1.29, 1.82) is 0 Å². The molecule has 0 bridgehead atoms. The second-order valence-corrected chi connectivity index (χ2v) is 8.87. The van der Waals surface area contributed by atoms with Crippen molar-refractivity contribution < 1.29 is 29.0 Å². The van der Waals surface area contributed by atoms with Gasteiger partial charge in [0.2, 0.25) is 5.91 Å². The number of alkyl carbamates (subject to hydrolysis) is 1. The first-order chi connectivity index (χ1) is 19.4. The van der Waals surface area contributed by atoms with Crippen LogP contribution in [0.3, 0.4) is 0 Å². The topological polar surface area (TPSA) is 139 Å². The van der Waals surface area contributed by atoms with E-state index < -0.39 is 30.5 Å². The number of amides is 3. The van der Waals surface area contributed by atoms with Gasteiger partial charge in [0.1, 0.15) is 13.2 Å². The lowest BCUT2D eigenvalue weighted by Crippen LogP contribution is -2.33. The van der Waals surface area contributed by atoms with Gasteiger partial charge >= 0.3 is 18.1 Å². The summed E-state index contributed by atoms with van der Waals surface area (Å²) in [5.41, 5.74) is 2.32. The Kier molecular flexibility index (Phi) is 7.41. The summed E-state index contributed by atoms with van der Waals surface area (Å²) in [7, 11) is 0. The smallest absolute Gasteiger partial charge is 0.407 e. The van der Waals surface area contributed by atoms with Crippen molar-refractivity contribution in [1.82, 2.24) is 9.88 Å². The standard InChI is InChI=1S/C30H24N4O6/c35-27(17-31-30(39)40-18-19-8-2-1-3-9-19)32-21-14-20(28(36)37)15-22(16-21)33-29(38)34-25-12-6-4-10-23(25)24-11-5-7-13-26(24)34/h1-16H,17-18H2,(H,31,39)(H,32,35)(H,33,38)(H,36,37). The second kappa shape index (κ2) is 11.4. The number of aromatic nitrogens is 1. The summed E-state index contributed by atoms with van der Waals surface area (Å²) in [6.07, 6.45) is -0.780. The number of carbonyl (C=O) groups is 4. The van der Waals surface area contributed by atoms with Crippen LogP contribution >= 0.6 is 0 Å². The molecule has 0 aliphatic carbocycles. The number of carboxylic acids is 1. The molecule has 10 heteroatoms. The predicted octanol–water partition coefficient (Wildman–Crippen LogP) is 5.44. The average Bonchev–Trinajstić information content (AvgIpc) is 3.30. The normalized spacial score (nSPS) is 10.7. The number of hydrogen-bond acceptors (Lipinski definition) is 5. The largest absolute Gasteiger partial charge is 0.478 e. The van der Waals surface area contributed by atoms with E-state index >= 15 is 0 Å². The van der Waals surface area contributed by atoms with Crippen LogP contribution in [0.25, 0.3) is 21.8 Å². The SMILES string of the molecule is O=C(CNC(=O)OCc1ccccc1)Nc1cc(NC(=O)n2c3ccccc3c3ccccc32)cc(C(=O)O)c1. The minimum Gasteiger partial charge on any atom is -0.478 e. The first-order valence-electron chi connectivity index (χ1n) is 12.3. The Hall–Kier alpha value is -5.64. The number of anilines is 2. The number of aromatic carboxylic acids is 1. The van der Waals surface area contributed by atoms with Crippen molar-refractivity contribution in [2.75, 3.05) is 17.2 Å². The number of ether oxygens (including phenoxy) is 1. The van der Waals surface area contributed by atoms with E-state index in [1.165, 1.54) is 22.8 Å². The van der Waals surface area contributed by atoms with Crippen molar-refractivity contribution in [3.8, 4) is 0 Å². The van der Waals surface area contributed by atoms with Gasteiger partial charge < -0.3 is 25.8 Å². The summed E-state index contributed by atoms with van der Waals surface area (Å²) in [5, 5.41) is 19.0. The summed E-state index contributed by atoms with van der Waals surface area (Å²) in [4.78, 5) is 49.6. The molecule has 0 saturated heterocycles. The van der Waals surface area contributed by atoms with E-state index in [2.05, 4.69) is 16.0 Å². The Morgan fingerprint density at radius 2 is 1.30 bits per heavy atom. The fourth-order valence-electron chi connectivity index (χ4n) is 4.35. The van der Waals surface area contributed by atoms with Gasteiger partial charge in [-0.2, -0.15) is 0 Å². The lowest BCUT2D eigenvalue weighted by Gasteiger charge is -2.12. The molecule has 5 rings (SSSR count). The lowest BCUT2D eigenvalue weighted by molar-refractivity contribution is -0.115. The molecule has 4 aromatic carbocycles. The van der Waals surface area contributed by atoms with Gasteiger partial charge in [0.15, 0.2) is 0 Å². The second-order valence-electron chi connectivity index (χ2n) is 8.87. The Morgan fingerprint density at radius 3 is 1.93 bits per heavy atom. The van der Waals surface area contributed by atoms with E-state index in [-0.39, 0.29) is 23.5 Å². The molecular formula is C30H24N4O6. The maximum Gasteiger partial charge on any atom is 0.407 e. The molecule has 0 unspecified atom stereocenters. The number of hydrogen-bond donors (Lipinski definition) is 4. The maximum absolute atomic E-state index is 13.4. The van der Waals surface area contributed by atoms with Gasteiger partial charge in [0.05, 0.1) is 16.6 Å². The highest BCUT2D eigenvalue weighted by atomic mass is 16.5. The molecule has 0 aliphatic heterocycles. The van der Waals surface area contributed by atoms with Gasteiger partial charge in [-0.1, -0.05) is 66.7 Å². The molecule has 5 aromatic rings. The number of carboxylic acid groups (broad SMARTS) is 1. The van der Waals surface area contributed by atoms with E-state index in [4.69, 9.17) is 4.74 Å². The summed E-state index contributed by atoms with van der Waals surface area (Å²) < 4.78 is 6.60. The van der Waals surface area contributed by atoms with Crippen LogP contribution in [0.4, 0.5) is 21.0 Å². The third-order valence-corrected chi connectivity index (χ3v) is 6.10. The van der Waals surface area contributed by atoms with Crippen LogP contribution in [0.5, 0.6) is 0 Å². The van der Waals surface area contributed by atoms with E-state index in [9.17, 15) is 24.3 Å². The zero-order chi connectivity index (χ0) is 28.1. The quantitative estimate of drug-likeness (QED) is 0.219. The highest BCUT2D eigenvalue weighted by Gasteiger charge is 2.17. The van der Waals surface area contributed by atoms with Crippen LogP contribution in [0.15, 0.2) is 97.1 Å². The van der Waals surface area contributed by atoms with Crippen molar-refractivity contribution in [3.63, 3.8) is 0 Å². The number of nitrogens with one attached hydrogen (secondary N) is 3. The van der Waals surface area contributed by atoms with Crippen LogP contribution in [-0.2, 0) is 16.1 Å². The van der Waals surface area contributed by atoms with Crippen molar-refractivity contribution in [2.45, 2.75) is 6.61 Å². The number of benzene rings is 4. The van der Waals surface area contributed by atoms with E-state index in [0.717, 1.165) is 16.3 Å². The zero-order valence-corrected chi connectivity index (χ0v) is 21.1. The first-order valence-corrected chi connectivity index (χ1v) is 12.3. The molecule has 40 heavy (non-hydrogen) atoms. The zero-order valence-electron chi connectivity index (χ0n) is 21.1. The Bertz CT molecular complexity index is 1690. The number of nitrogens with zero attached hydrogens (tertiary/aromatic N) is 1. The van der Waals surface area contributed by atoms with Crippen LogP contribution in [0.2, 0.25) is 0 Å². The minimum atomic E-state index is -1.24. The molecule has 10 nitrogen and oxygen atoms in total. The molecule has 0 radical (unpaired) electrons. The van der Waals surface area contributed by atoms with Gasteiger partial charge in [-0.25, -0.2) is 14.4 Å². The molecule has 0 aliphatic rings. The maximum atomic E-state index is 13.4. The van der Waals surface area contributed by atoms with Crippen LogP contribution < -0.4 is 16.0 Å². The molecule has 0 atom stereocenters. The van der Waals surface area contributed by atoms with Gasteiger partial charge in [-0.05, 0) is 35.9 Å². The van der Waals surface area contributed by atoms with Crippen LogP contribution in [0, 0.1) is 0 Å². The number of carbonyl (C=O) groups excluding carboxylic acids is 3. The van der Waals surface area contributed by atoms with Crippen molar-refractivity contribution in [3.05, 3.63) is 108 Å². The monoisotopic (exact) mass is 536 g/mol.